The molecule has 152 valence electrons. The number of aryl methyl sites for hydroxylation is 1. The number of carbonyl (C=O) groups is 3. The number of hydrogen-bond acceptors (Lipinski definition) is 6. The summed E-state index contributed by atoms with van der Waals surface area (Å²) in [4.78, 5) is 36.3. The predicted octanol–water partition coefficient (Wildman–Crippen LogP) is 2.87. The minimum Gasteiger partial charge on any atom is -0.488 e. The number of para-hydroxylation sites is 1. The van der Waals surface area contributed by atoms with E-state index >= 15 is 0 Å². The first-order valence-electron chi connectivity index (χ1n) is 9.27. The fourth-order valence-corrected chi connectivity index (χ4v) is 3.27. The highest BCUT2D eigenvalue weighted by Crippen LogP contribution is 2.26. The standard InChI is InChI=1S/C22H23NO6/c1-14-10-18(15(2)23(14)9-8-21(25)27-3)19(24)13-29-22(26)17-11-16-6-4-5-7-20(16)28-12-17/h4-7,10-11H,8-9,12-13H2,1-3H3. The molecule has 1 aliphatic rings. The van der Waals surface area contributed by atoms with Crippen LogP contribution in [0.4, 0.5) is 0 Å². The van der Waals surface area contributed by atoms with Crippen LogP contribution in [0.25, 0.3) is 6.08 Å². The number of nitrogens with zero attached hydrogens (tertiary/aromatic N) is 1. The summed E-state index contributed by atoms with van der Waals surface area (Å²) in [6, 6.07) is 9.12. The summed E-state index contributed by atoms with van der Waals surface area (Å²) in [6.07, 6.45) is 1.93. The smallest absolute Gasteiger partial charge is 0.337 e. The Morgan fingerprint density at radius 3 is 2.69 bits per heavy atom. The van der Waals surface area contributed by atoms with Gasteiger partial charge in [0.05, 0.1) is 19.1 Å². The van der Waals surface area contributed by atoms with Gasteiger partial charge in [-0.05, 0) is 32.1 Å². The maximum atomic E-state index is 12.6. The Morgan fingerprint density at radius 2 is 1.93 bits per heavy atom. The van der Waals surface area contributed by atoms with Gasteiger partial charge in [-0.1, -0.05) is 18.2 Å². The largest absolute Gasteiger partial charge is 0.488 e. The number of ether oxygens (including phenoxy) is 3. The van der Waals surface area contributed by atoms with Crippen LogP contribution >= 0.6 is 0 Å². The van der Waals surface area contributed by atoms with Gasteiger partial charge in [-0.2, -0.15) is 0 Å². The minimum atomic E-state index is -0.577. The number of hydrogen-bond donors (Lipinski definition) is 0. The van der Waals surface area contributed by atoms with E-state index < -0.39 is 5.97 Å². The van der Waals surface area contributed by atoms with Gasteiger partial charge in [-0.25, -0.2) is 4.79 Å². The van der Waals surface area contributed by atoms with Crippen molar-refractivity contribution in [2.24, 2.45) is 0 Å². The summed E-state index contributed by atoms with van der Waals surface area (Å²) < 4.78 is 17.3. The zero-order chi connectivity index (χ0) is 21.0. The van der Waals surface area contributed by atoms with Gasteiger partial charge in [0, 0.05) is 29.1 Å². The third-order valence-corrected chi connectivity index (χ3v) is 4.87. The van der Waals surface area contributed by atoms with Gasteiger partial charge >= 0.3 is 11.9 Å². The minimum absolute atomic E-state index is 0.103. The summed E-state index contributed by atoms with van der Waals surface area (Å²) in [5.41, 5.74) is 3.20. The molecule has 0 fully saturated rings. The van der Waals surface area contributed by atoms with Crippen LogP contribution in [0.5, 0.6) is 5.75 Å². The summed E-state index contributed by atoms with van der Waals surface area (Å²) >= 11 is 0. The van der Waals surface area contributed by atoms with Crippen LogP contribution in [-0.4, -0.2) is 42.6 Å². The highest BCUT2D eigenvalue weighted by Gasteiger charge is 2.21. The number of benzene rings is 1. The number of aromatic nitrogens is 1. The van der Waals surface area contributed by atoms with Crippen molar-refractivity contribution in [2.45, 2.75) is 26.8 Å². The molecule has 0 bridgehead atoms. The molecule has 2 aromatic rings. The molecule has 0 saturated carbocycles. The first kappa shape index (κ1) is 20.4. The van der Waals surface area contributed by atoms with Crippen molar-refractivity contribution >= 4 is 23.8 Å². The second-order valence-electron chi connectivity index (χ2n) is 6.76. The third kappa shape index (κ3) is 4.56. The number of fused-ring (bicyclic) bond motifs is 1. The maximum Gasteiger partial charge on any atom is 0.337 e. The highest BCUT2D eigenvalue weighted by molar-refractivity contribution is 6.01. The molecule has 1 aromatic heterocycles. The summed E-state index contributed by atoms with van der Waals surface area (Å²) in [7, 11) is 1.34. The second-order valence-corrected chi connectivity index (χ2v) is 6.76. The maximum absolute atomic E-state index is 12.6. The van der Waals surface area contributed by atoms with E-state index in [1.165, 1.54) is 7.11 Å². The fraction of sp³-hybridized carbons (Fsp3) is 0.318. The molecule has 1 aromatic carbocycles. The molecule has 3 rings (SSSR count). The van der Waals surface area contributed by atoms with Crippen molar-refractivity contribution in [1.82, 2.24) is 4.57 Å². The highest BCUT2D eigenvalue weighted by atomic mass is 16.5. The first-order valence-corrected chi connectivity index (χ1v) is 9.27. The number of Topliss-reactive ketones (excluding diaryl/α,β-unsaturated/α-hetero) is 1. The lowest BCUT2D eigenvalue weighted by Crippen LogP contribution is -2.20. The average Bonchev–Trinajstić information content (AvgIpc) is 3.03. The van der Waals surface area contributed by atoms with Crippen molar-refractivity contribution in [1.29, 1.82) is 0 Å². The van der Waals surface area contributed by atoms with Gasteiger partial charge in [0.25, 0.3) is 0 Å². The molecule has 0 saturated heterocycles. The molecule has 7 nitrogen and oxygen atoms in total. The SMILES string of the molecule is COC(=O)CCn1c(C)cc(C(=O)COC(=O)C2=Cc3ccccc3OC2)c1C. The molecule has 0 radical (unpaired) electrons. The van der Waals surface area contributed by atoms with Gasteiger partial charge in [0.1, 0.15) is 12.4 Å². The summed E-state index contributed by atoms with van der Waals surface area (Å²) in [5, 5.41) is 0. The second kappa shape index (κ2) is 8.77. The molecule has 7 heteroatoms. The van der Waals surface area contributed by atoms with Crippen LogP contribution in [-0.2, 0) is 25.6 Å². The van der Waals surface area contributed by atoms with Gasteiger partial charge in [0.2, 0.25) is 5.78 Å². The number of ketones is 1. The first-order chi connectivity index (χ1) is 13.9. The number of rotatable bonds is 7. The van der Waals surface area contributed by atoms with Crippen molar-refractivity contribution in [3.8, 4) is 5.75 Å². The van der Waals surface area contributed by atoms with Crippen LogP contribution in [0.2, 0.25) is 0 Å². The topological polar surface area (TPSA) is 83.8 Å². The van der Waals surface area contributed by atoms with Crippen LogP contribution < -0.4 is 4.74 Å². The quantitative estimate of drug-likeness (QED) is 0.528. The molecular formula is C22H23NO6. The van der Waals surface area contributed by atoms with Crippen LogP contribution in [0.15, 0.2) is 35.9 Å². The van der Waals surface area contributed by atoms with E-state index in [2.05, 4.69) is 4.74 Å². The van der Waals surface area contributed by atoms with Crippen molar-refractivity contribution in [2.75, 3.05) is 20.3 Å². The number of methoxy groups -OCH3 is 1. The lowest BCUT2D eigenvalue weighted by atomic mass is 10.1. The van der Waals surface area contributed by atoms with E-state index in [1.54, 1.807) is 19.1 Å². The molecule has 1 aliphatic heterocycles. The van der Waals surface area contributed by atoms with Crippen molar-refractivity contribution in [3.63, 3.8) is 0 Å². The van der Waals surface area contributed by atoms with Crippen LogP contribution in [0, 0.1) is 13.8 Å². The molecular weight excluding hydrogens is 374 g/mol. The van der Waals surface area contributed by atoms with E-state index in [-0.39, 0.29) is 31.4 Å². The molecule has 0 amide bonds. The fourth-order valence-electron chi connectivity index (χ4n) is 3.27. The van der Waals surface area contributed by atoms with E-state index in [9.17, 15) is 14.4 Å². The molecule has 0 atom stereocenters. The predicted molar refractivity (Wildman–Crippen MR) is 106 cm³/mol. The molecule has 2 heterocycles. The van der Waals surface area contributed by atoms with Crippen LogP contribution in [0.1, 0.15) is 33.7 Å². The van der Waals surface area contributed by atoms with Gasteiger partial charge in [-0.3, -0.25) is 9.59 Å². The zero-order valence-corrected chi connectivity index (χ0v) is 16.7. The molecule has 29 heavy (non-hydrogen) atoms. The van der Waals surface area contributed by atoms with Crippen molar-refractivity contribution in [3.05, 3.63) is 58.4 Å². The van der Waals surface area contributed by atoms with Crippen molar-refractivity contribution < 1.29 is 28.6 Å². The van der Waals surface area contributed by atoms with E-state index in [0.717, 1.165) is 17.0 Å². The Labute approximate surface area is 168 Å². The third-order valence-electron chi connectivity index (χ3n) is 4.87. The molecule has 0 spiro atoms. The Balaban J connectivity index is 1.63. The normalized spacial score (nSPS) is 12.4. The lowest BCUT2D eigenvalue weighted by molar-refractivity contribution is -0.141. The monoisotopic (exact) mass is 397 g/mol. The lowest BCUT2D eigenvalue weighted by Gasteiger charge is -2.16. The number of esters is 2. The van der Waals surface area contributed by atoms with E-state index in [1.807, 2.05) is 35.8 Å². The van der Waals surface area contributed by atoms with Gasteiger partial charge < -0.3 is 18.8 Å². The summed E-state index contributed by atoms with van der Waals surface area (Å²) in [5.74, 6) is -0.482. The summed E-state index contributed by atoms with van der Waals surface area (Å²) in [6.45, 7) is 3.81. The van der Waals surface area contributed by atoms with Gasteiger partial charge in [-0.15, -0.1) is 0 Å². The molecule has 0 unspecified atom stereocenters. The Hall–Kier alpha value is -3.35. The Kier molecular flexibility index (Phi) is 6.16. The Bertz CT molecular complexity index is 985. The van der Waals surface area contributed by atoms with Crippen LogP contribution in [0.3, 0.4) is 0 Å². The van der Waals surface area contributed by atoms with E-state index in [0.29, 0.717) is 23.4 Å². The van der Waals surface area contributed by atoms with Gasteiger partial charge in [0.15, 0.2) is 6.61 Å². The molecule has 0 aliphatic carbocycles. The average molecular weight is 397 g/mol. The molecule has 0 N–H and O–H groups in total. The number of carbonyl (C=O) groups excluding carboxylic acids is 3. The Morgan fingerprint density at radius 1 is 1.17 bits per heavy atom. The zero-order valence-electron chi connectivity index (χ0n) is 16.7. The van der Waals surface area contributed by atoms with E-state index in [4.69, 9.17) is 9.47 Å².